The van der Waals surface area contributed by atoms with E-state index in [0.717, 1.165) is 42.4 Å². The predicted octanol–water partition coefficient (Wildman–Crippen LogP) is 2.03. The van der Waals surface area contributed by atoms with Crippen LogP contribution in [0.5, 0.6) is 0 Å². The second-order valence-electron chi connectivity index (χ2n) is 5.34. The molecule has 3 N–H and O–H groups in total. The fourth-order valence-electron chi connectivity index (χ4n) is 2.54. The van der Waals surface area contributed by atoms with Crippen molar-refractivity contribution in [1.29, 1.82) is 0 Å². The minimum atomic E-state index is -0.455. The lowest BCUT2D eigenvalue weighted by atomic mass is 9.90. The van der Waals surface area contributed by atoms with Crippen molar-refractivity contribution in [2.45, 2.75) is 31.7 Å². The quantitative estimate of drug-likeness (QED) is 0.772. The van der Waals surface area contributed by atoms with Gasteiger partial charge in [0.25, 0.3) is 0 Å². The lowest BCUT2D eigenvalue weighted by Crippen LogP contribution is -2.54. The normalized spacial score (nSPS) is 23.4. The van der Waals surface area contributed by atoms with Crippen molar-refractivity contribution < 1.29 is 4.79 Å². The summed E-state index contributed by atoms with van der Waals surface area (Å²) in [5.41, 5.74) is 1.33. The summed E-state index contributed by atoms with van der Waals surface area (Å²) in [6.07, 6.45) is 4.87. The Balaban J connectivity index is 1.78. The fourth-order valence-corrected chi connectivity index (χ4v) is 2.54. The number of carbonyl (C=O) groups is 1. The average Bonchev–Trinajstić information content (AvgIpc) is 2.87. The van der Waals surface area contributed by atoms with Gasteiger partial charge in [0, 0.05) is 11.1 Å². The number of H-pyrrole nitrogens is 1. The van der Waals surface area contributed by atoms with E-state index in [1.165, 1.54) is 0 Å². The number of nitrogens with one attached hydrogen (secondary N) is 3. The van der Waals surface area contributed by atoms with Crippen LogP contribution in [0.1, 0.15) is 26.2 Å². The maximum absolute atomic E-state index is 12.4. The molecule has 2 aromatic rings. The second-order valence-corrected chi connectivity index (χ2v) is 5.34. The van der Waals surface area contributed by atoms with E-state index in [2.05, 4.69) is 20.8 Å². The molecule has 100 valence electrons. The van der Waals surface area contributed by atoms with Gasteiger partial charge in [0.2, 0.25) is 5.91 Å². The molecule has 2 heterocycles. The lowest BCUT2D eigenvalue weighted by molar-refractivity contribution is -0.122. The number of nitrogens with zero attached hydrogens (tertiary/aromatic N) is 1. The Kier molecular flexibility index (Phi) is 2.98. The summed E-state index contributed by atoms with van der Waals surface area (Å²) in [5, 5.41) is 14.2. The van der Waals surface area contributed by atoms with Crippen molar-refractivity contribution in [2.24, 2.45) is 0 Å². The predicted molar refractivity (Wildman–Crippen MR) is 75.0 cm³/mol. The van der Waals surface area contributed by atoms with Gasteiger partial charge in [-0.2, -0.15) is 5.10 Å². The number of hydrogen-bond donors (Lipinski definition) is 3. The number of hydrogen-bond acceptors (Lipinski definition) is 3. The second kappa shape index (κ2) is 4.66. The highest BCUT2D eigenvalue weighted by atomic mass is 16.2. The molecule has 3 rings (SSSR count). The fraction of sp³-hybridized carbons (Fsp3) is 0.429. The summed E-state index contributed by atoms with van der Waals surface area (Å²) in [6, 6.07) is 5.75. The van der Waals surface area contributed by atoms with E-state index in [-0.39, 0.29) is 5.91 Å². The number of aromatic nitrogens is 2. The standard InChI is InChI=1S/C14H18N4O/c1-14(6-2-3-7-15-14)13(19)17-11-4-5-12-10(8-11)9-16-18-12/h4-5,8-9,15H,2-3,6-7H2,1H3,(H,16,18)(H,17,19). The topological polar surface area (TPSA) is 69.8 Å². The summed E-state index contributed by atoms with van der Waals surface area (Å²) in [4.78, 5) is 12.4. The average molecular weight is 258 g/mol. The molecule has 1 aromatic carbocycles. The molecule has 0 bridgehead atoms. The summed E-state index contributed by atoms with van der Waals surface area (Å²) in [7, 11) is 0. The van der Waals surface area contributed by atoms with Crippen molar-refractivity contribution in [3.63, 3.8) is 0 Å². The summed E-state index contributed by atoms with van der Waals surface area (Å²) < 4.78 is 0. The lowest BCUT2D eigenvalue weighted by Gasteiger charge is -2.33. The third-order valence-electron chi connectivity index (χ3n) is 3.82. The molecule has 1 aliphatic rings. The van der Waals surface area contributed by atoms with Crippen LogP contribution < -0.4 is 10.6 Å². The molecular formula is C14H18N4O. The molecule has 5 heteroatoms. The molecule has 1 fully saturated rings. The molecule has 0 radical (unpaired) electrons. The Labute approximate surface area is 111 Å². The van der Waals surface area contributed by atoms with Gasteiger partial charge in [-0.1, -0.05) is 0 Å². The zero-order valence-electron chi connectivity index (χ0n) is 11.0. The maximum atomic E-state index is 12.4. The van der Waals surface area contributed by atoms with Gasteiger partial charge < -0.3 is 10.6 Å². The van der Waals surface area contributed by atoms with Crippen molar-refractivity contribution in [2.75, 3.05) is 11.9 Å². The molecule has 1 atom stereocenters. The first-order valence-electron chi connectivity index (χ1n) is 6.67. The minimum Gasteiger partial charge on any atom is -0.324 e. The van der Waals surface area contributed by atoms with Crippen LogP contribution in [0.15, 0.2) is 24.4 Å². The van der Waals surface area contributed by atoms with E-state index < -0.39 is 5.54 Å². The van der Waals surface area contributed by atoms with E-state index >= 15 is 0 Å². The van der Waals surface area contributed by atoms with Crippen LogP contribution >= 0.6 is 0 Å². The van der Waals surface area contributed by atoms with Crippen molar-refractivity contribution in [3.8, 4) is 0 Å². The molecule has 1 aliphatic heterocycles. The number of piperidine rings is 1. The molecule has 0 saturated carbocycles. The number of aromatic amines is 1. The van der Waals surface area contributed by atoms with Gasteiger partial charge in [-0.3, -0.25) is 9.89 Å². The van der Waals surface area contributed by atoms with Crippen LogP contribution in [-0.2, 0) is 4.79 Å². The van der Waals surface area contributed by atoms with Crippen molar-refractivity contribution in [1.82, 2.24) is 15.5 Å². The van der Waals surface area contributed by atoms with Gasteiger partial charge in [-0.05, 0) is 50.9 Å². The largest absolute Gasteiger partial charge is 0.324 e. The first kappa shape index (κ1) is 12.2. The van der Waals surface area contributed by atoms with Crippen LogP contribution in [0.25, 0.3) is 10.9 Å². The zero-order chi connectivity index (χ0) is 13.3. The highest BCUT2D eigenvalue weighted by Crippen LogP contribution is 2.22. The molecule has 1 saturated heterocycles. The van der Waals surface area contributed by atoms with Gasteiger partial charge >= 0.3 is 0 Å². The number of anilines is 1. The van der Waals surface area contributed by atoms with Gasteiger partial charge in [0.1, 0.15) is 0 Å². The molecule has 1 unspecified atom stereocenters. The van der Waals surface area contributed by atoms with Crippen LogP contribution in [0.4, 0.5) is 5.69 Å². The molecule has 0 aliphatic carbocycles. The van der Waals surface area contributed by atoms with E-state index in [9.17, 15) is 4.79 Å². The third-order valence-corrected chi connectivity index (χ3v) is 3.82. The van der Waals surface area contributed by atoms with Gasteiger partial charge in [0.15, 0.2) is 0 Å². The van der Waals surface area contributed by atoms with Crippen LogP contribution in [-0.4, -0.2) is 28.2 Å². The molecule has 0 spiro atoms. The highest BCUT2D eigenvalue weighted by Gasteiger charge is 2.34. The SMILES string of the molecule is CC1(C(=O)Nc2ccc3[nH]ncc3c2)CCCCN1. The Morgan fingerprint density at radius 2 is 2.32 bits per heavy atom. The van der Waals surface area contributed by atoms with Crippen LogP contribution in [0, 0.1) is 0 Å². The Morgan fingerprint density at radius 1 is 1.42 bits per heavy atom. The van der Waals surface area contributed by atoms with Gasteiger partial charge in [-0.25, -0.2) is 0 Å². The Morgan fingerprint density at radius 3 is 3.11 bits per heavy atom. The highest BCUT2D eigenvalue weighted by molar-refractivity contribution is 5.99. The van der Waals surface area contributed by atoms with E-state index in [4.69, 9.17) is 0 Å². The summed E-state index contributed by atoms with van der Waals surface area (Å²) >= 11 is 0. The molecule has 5 nitrogen and oxygen atoms in total. The van der Waals surface area contributed by atoms with Gasteiger partial charge in [0.05, 0.1) is 17.3 Å². The van der Waals surface area contributed by atoms with Crippen molar-refractivity contribution >= 4 is 22.5 Å². The Bertz CT molecular complexity index is 598. The monoisotopic (exact) mass is 258 g/mol. The van der Waals surface area contributed by atoms with E-state index in [1.54, 1.807) is 6.20 Å². The van der Waals surface area contributed by atoms with E-state index in [1.807, 2.05) is 25.1 Å². The third kappa shape index (κ3) is 2.33. The zero-order valence-corrected chi connectivity index (χ0v) is 11.0. The number of fused-ring (bicyclic) bond motifs is 1. The number of rotatable bonds is 2. The first-order valence-corrected chi connectivity index (χ1v) is 6.67. The maximum Gasteiger partial charge on any atom is 0.244 e. The van der Waals surface area contributed by atoms with Gasteiger partial charge in [-0.15, -0.1) is 0 Å². The first-order chi connectivity index (χ1) is 9.17. The number of amides is 1. The van der Waals surface area contributed by atoms with E-state index in [0.29, 0.717) is 0 Å². The number of carbonyl (C=O) groups excluding carboxylic acids is 1. The summed E-state index contributed by atoms with van der Waals surface area (Å²) in [5.74, 6) is 0.0371. The van der Waals surface area contributed by atoms with Crippen LogP contribution in [0.2, 0.25) is 0 Å². The smallest absolute Gasteiger partial charge is 0.244 e. The molecular weight excluding hydrogens is 240 g/mol. The minimum absolute atomic E-state index is 0.0371. The van der Waals surface area contributed by atoms with Crippen LogP contribution in [0.3, 0.4) is 0 Å². The van der Waals surface area contributed by atoms with Crippen molar-refractivity contribution in [3.05, 3.63) is 24.4 Å². The summed E-state index contributed by atoms with van der Waals surface area (Å²) in [6.45, 7) is 2.88. The molecule has 1 amide bonds. The molecule has 19 heavy (non-hydrogen) atoms. The molecule has 1 aromatic heterocycles. The Hall–Kier alpha value is -1.88. The number of benzene rings is 1.